The summed E-state index contributed by atoms with van der Waals surface area (Å²) in [5.74, 6) is 0. The molecule has 0 amide bonds. The van der Waals surface area contributed by atoms with Crippen LogP contribution in [0.4, 0.5) is 0 Å². The zero-order valence-electron chi connectivity index (χ0n) is 9.34. The fraction of sp³-hybridized carbons (Fsp3) is 1.00. The lowest BCUT2D eigenvalue weighted by atomic mass is 9.68. The molecule has 1 saturated heterocycles. The molecule has 1 N–H and O–H groups in total. The normalized spacial score (nSPS) is 28.7. The van der Waals surface area contributed by atoms with Gasteiger partial charge in [0.15, 0.2) is 0 Å². The Balaban J connectivity index is 1.82. The minimum atomic E-state index is 0.340. The second kappa shape index (κ2) is 4.19. The van der Waals surface area contributed by atoms with Crippen LogP contribution in [0.25, 0.3) is 0 Å². The van der Waals surface area contributed by atoms with Crippen molar-refractivity contribution in [2.24, 2.45) is 5.41 Å². The molecule has 2 rings (SSSR count). The molecule has 1 spiro atoms. The molecule has 2 heteroatoms. The minimum absolute atomic E-state index is 0.340. The summed E-state index contributed by atoms with van der Waals surface area (Å²) in [6.07, 6.45) is 8.27. The maximum absolute atomic E-state index is 9.21. The van der Waals surface area contributed by atoms with Crippen molar-refractivity contribution in [2.75, 3.05) is 19.7 Å². The minimum Gasteiger partial charge on any atom is -0.395 e. The van der Waals surface area contributed by atoms with E-state index < -0.39 is 0 Å². The second-order valence-electron chi connectivity index (χ2n) is 5.21. The molecule has 82 valence electrons. The number of nitrogens with zero attached hydrogens (tertiary/aromatic N) is 1. The number of aliphatic hydroxyl groups is 1. The molecule has 0 aromatic heterocycles. The number of hydrogen-bond acceptors (Lipinski definition) is 2. The number of aliphatic hydroxyl groups excluding tert-OH is 1. The SMILES string of the molecule is CC[C@@H](CO)N1CC2(CCCCC2)C1. The van der Waals surface area contributed by atoms with Gasteiger partial charge in [-0.2, -0.15) is 0 Å². The molecule has 2 aliphatic rings. The third-order valence-corrected chi connectivity index (χ3v) is 4.19. The van der Waals surface area contributed by atoms with Gasteiger partial charge < -0.3 is 5.11 Å². The topological polar surface area (TPSA) is 23.5 Å². The van der Waals surface area contributed by atoms with E-state index in [9.17, 15) is 5.11 Å². The highest BCUT2D eigenvalue weighted by Crippen LogP contribution is 2.44. The lowest BCUT2D eigenvalue weighted by molar-refractivity contribution is -0.0670. The molecule has 1 aliphatic heterocycles. The van der Waals surface area contributed by atoms with Gasteiger partial charge in [-0.1, -0.05) is 26.2 Å². The highest BCUT2D eigenvalue weighted by atomic mass is 16.3. The Hall–Kier alpha value is -0.0800. The zero-order chi connectivity index (χ0) is 10.0. The van der Waals surface area contributed by atoms with Gasteiger partial charge in [0.05, 0.1) is 6.61 Å². The summed E-state index contributed by atoms with van der Waals surface area (Å²) >= 11 is 0. The van der Waals surface area contributed by atoms with Gasteiger partial charge in [0, 0.05) is 19.1 Å². The van der Waals surface area contributed by atoms with Crippen molar-refractivity contribution in [3.8, 4) is 0 Å². The van der Waals surface area contributed by atoms with Crippen LogP contribution in [0.2, 0.25) is 0 Å². The second-order valence-corrected chi connectivity index (χ2v) is 5.21. The molecule has 0 aromatic rings. The molecule has 2 nitrogen and oxygen atoms in total. The van der Waals surface area contributed by atoms with Crippen LogP contribution in [0.5, 0.6) is 0 Å². The van der Waals surface area contributed by atoms with Crippen LogP contribution in [0.1, 0.15) is 45.4 Å². The summed E-state index contributed by atoms with van der Waals surface area (Å²) in [7, 11) is 0. The molecule has 14 heavy (non-hydrogen) atoms. The van der Waals surface area contributed by atoms with Gasteiger partial charge in [-0.25, -0.2) is 0 Å². The van der Waals surface area contributed by atoms with Gasteiger partial charge in [-0.15, -0.1) is 0 Å². The van der Waals surface area contributed by atoms with Crippen LogP contribution < -0.4 is 0 Å². The first kappa shape index (κ1) is 10.4. The largest absolute Gasteiger partial charge is 0.395 e. The fourth-order valence-corrected chi connectivity index (χ4v) is 3.19. The molecule has 0 unspecified atom stereocenters. The number of likely N-dealkylation sites (tertiary alicyclic amines) is 1. The van der Waals surface area contributed by atoms with E-state index in [0.29, 0.717) is 18.1 Å². The molecule has 2 fully saturated rings. The Morgan fingerprint density at radius 2 is 1.86 bits per heavy atom. The summed E-state index contributed by atoms with van der Waals surface area (Å²) in [6, 6.07) is 0.433. The van der Waals surface area contributed by atoms with Gasteiger partial charge in [-0.3, -0.25) is 4.90 Å². The Bertz CT molecular complexity index is 175. The van der Waals surface area contributed by atoms with Crippen molar-refractivity contribution < 1.29 is 5.11 Å². The van der Waals surface area contributed by atoms with Crippen molar-refractivity contribution in [2.45, 2.75) is 51.5 Å². The van der Waals surface area contributed by atoms with Crippen LogP contribution in [0.3, 0.4) is 0 Å². The van der Waals surface area contributed by atoms with E-state index in [4.69, 9.17) is 0 Å². The summed E-state index contributed by atoms with van der Waals surface area (Å²) in [5, 5.41) is 9.21. The number of hydrogen-bond donors (Lipinski definition) is 1. The molecule has 0 bridgehead atoms. The third kappa shape index (κ3) is 1.82. The predicted octanol–water partition coefficient (Wildman–Crippen LogP) is 2.02. The summed E-state index contributed by atoms with van der Waals surface area (Å²) in [5.41, 5.74) is 0.668. The van der Waals surface area contributed by atoms with Gasteiger partial charge in [0.25, 0.3) is 0 Å². The van der Waals surface area contributed by atoms with E-state index in [1.54, 1.807) is 0 Å². The molecule has 1 atom stereocenters. The first-order valence-electron chi connectivity index (χ1n) is 6.14. The monoisotopic (exact) mass is 197 g/mol. The average Bonchev–Trinajstić information content (AvgIpc) is 2.19. The predicted molar refractivity (Wildman–Crippen MR) is 58.3 cm³/mol. The Kier molecular flexibility index (Phi) is 3.13. The quantitative estimate of drug-likeness (QED) is 0.748. The lowest BCUT2D eigenvalue weighted by Crippen LogP contribution is -2.61. The maximum atomic E-state index is 9.21. The van der Waals surface area contributed by atoms with Gasteiger partial charge in [0.1, 0.15) is 0 Å². The van der Waals surface area contributed by atoms with Crippen LogP contribution >= 0.6 is 0 Å². The molecular weight excluding hydrogens is 174 g/mol. The molecule has 0 radical (unpaired) electrons. The number of rotatable bonds is 3. The molecule has 1 aliphatic carbocycles. The Labute approximate surface area is 87.3 Å². The average molecular weight is 197 g/mol. The molecular formula is C12H23NO. The molecule has 1 saturated carbocycles. The van der Waals surface area contributed by atoms with Gasteiger partial charge in [-0.05, 0) is 24.7 Å². The van der Waals surface area contributed by atoms with E-state index >= 15 is 0 Å². The zero-order valence-corrected chi connectivity index (χ0v) is 9.34. The smallest absolute Gasteiger partial charge is 0.0586 e. The van der Waals surface area contributed by atoms with Crippen molar-refractivity contribution in [1.82, 2.24) is 4.90 Å². The standard InChI is InChI=1S/C12H23NO/c1-2-11(8-14)13-9-12(10-13)6-4-3-5-7-12/h11,14H,2-10H2,1H3/t11-/m0/s1. The lowest BCUT2D eigenvalue weighted by Gasteiger charge is -2.55. The summed E-state index contributed by atoms with van der Waals surface area (Å²) in [4.78, 5) is 2.48. The van der Waals surface area contributed by atoms with E-state index in [1.807, 2.05) is 0 Å². The van der Waals surface area contributed by atoms with E-state index in [1.165, 1.54) is 45.2 Å². The summed E-state index contributed by atoms with van der Waals surface area (Å²) in [6.45, 7) is 5.03. The van der Waals surface area contributed by atoms with Crippen molar-refractivity contribution in [3.63, 3.8) is 0 Å². The first-order chi connectivity index (χ1) is 6.79. The van der Waals surface area contributed by atoms with E-state index in [-0.39, 0.29) is 0 Å². The van der Waals surface area contributed by atoms with Crippen LogP contribution in [0, 0.1) is 5.41 Å². The van der Waals surface area contributed by atoms with Crippen molar-refractivity contribution in [3.05, 3.63) is 0 Å². The Morgan fingerprint density at radius 3 is 2.36 bits per heavy atom. The van der Waals surface area contributed by atoms with E-state index in [0.717, 1.165) is 6.42 Å². The highest BCUT2D eigenvalue weighted by Gasteiger charge is 2.44. The molecule has 0 aromatic carbocycles. The molecule has 1 heterocycles. The Morgan fingerprint density at radius 1 is 1.21 bits per heavy atom. The van der Waals surface area contributed by atoms with Crippen molar-refractivity contribution in [1.29, 1.82) is 0 Å². The first-order valence-corrected chi connectivity index (χ1v) is 6.14. The summed E-state index contributed by atoms with van der Waals surface area (Å²) < 4.78 is 0. The van der Waals surface area contributed by atoms with Gasteiger partial charge in [0.2, 0.25) is 0 Å². The highest BCUT2D eigenvalue weighted by molar-refractivity contribution is 4.98. The third-order valence-electron chi connectivity index (χ3n) is 4.19. The maximum Gasteiger partial charge on any atom is 0.0586 e. The fourth-order valence-electron chi connectivity index (χ4n) is 3.19. The van der Waals surface area contributed by atoms with Gasteiger partial charge >= 0.3 is 0 Å². The van der Waals surface area contributed by atoms with E-state index in [2.05, 4.69) is 11.8 Å². The van der Waals surface area contributed by atoms with Crippen molar-refractivity contribution >= 4 is 0 Å². The van der Waals surface area contributed by atoms with Crippen LogP contribution in [-0.2, 0) is 0 Å². The van der Waals surface area contributed by atoms with Crippen LogP contribution in [-0.4, -0.2) is 35.7 Å². The van der Waals surface area contributed by atoms with Crippen LogP contribution in [0.15, 0.2) is 0 Å².